The number of carbonyl (C=O) groups is 1. The number of rotatable bonds is 5. The summed E-state index contributed by atoms with van der Waals surface area (Å²) < 4.78 is 56.7. The molecule has 3 aromatic rings. The lowest BCUT2D eigenvalue weighted by Crippen LogP contribution is -2.48. The number of carbonyl (C=O) groups excluding carboxylic acids is 1. The lowest BCUT2D eigenvalue weighted by atomic mass is 10.1. The first-order chi connectivity index (χ1) is 19.1. The zero-order valence-corrected chi connectivity index (χ0v) is 21.7. The van der Waals surface area contributed by atoms with E-state index in [1.807, 2.05) is 13.8 Å². The topological polar surface area (TPSA) is 115 Å². The molecule has 1 N–H and O–H groups in total. The van der Waals surface area contributed by atoms with Crippen molar-refractivity contribution in [1.82, 2.24) is 19.9 Å². The van der Waals surface area contributed by atoms with Crippen LogP contribution in [-0.4, -0.2) is 70.2 Å². The molecule has 210 valence electrons. The van der Waals surface area contributed by atoms with Gasteiger partial charge in [0.1, 0.15) is 12.7 Å². The highest BCUT2D eigenvalue weighted by Crippen LogP contribution is 2.40. The van der Waals surface area contributed by atoms with Crippen molar-refractivity contribution in [3.05, 3.63) is 48.4 Å². The lowest BCUT2D eigenvalue weighted by molar-refractivity contribution is -0.141. The summed E-state index contributed by atoms with van der Waals surface area (Å²) in [6, 6.07) is 4.14. The van der Waals surface area contributed by atoms with Crippen molar-refractivity contribution in [2.75, 3.05) is 41.4 Å². The fourth-order valence-corrected chi connectivity index (χ4v) is 5.00. The Kier molecular flexibility index (Phi) is 6.45. The van der Waals surface area contributed by atoms with Crippen LogP contribution in [0.3, 0.4) is 0 Å². The number of amides is 2. The molecule has 2 aromatic heterocycles. The number of alkyl halides is 3. The summed E-state index contributed by atoms with van der Waals surface area (Å²) in [7, 11) is 0. The molecule has 0 radical (unpaired) electrons. The quantitative estimate of drug-likeness (QED) is 0.495. The number of ether oxygens (including phenoxy) is 3. The van der Waals surface area contributed by atoms with E-state index in [1.54, 1.807) is 6.20 Å². The van der Waals surface area contributed by atoms with Gasteiger partial charge in [0, 0.05) is 18.7 Å². The third kappa shape index (κ3) is 5.23. The SMILES string of the molecule is CC1(C)OC[C@@H](COc2cnc(NC(=O)N3c4nc(-c5cccc(C(F)(F)F)c5)ncc4N4CCC3C4)cn2)O1. The average Bonchev–Trinajstić information content (AvgIpc) is 3.50. The van der Waals surface area contributed by atoms with Crippen molar-refractivity contribution < 1.29 is 32.2 Å². The second-order valence-corrected chi connectivity index (χ2v) is 10.2. The molecule has 0 spiro atoms. The highest BCUT2D eigenvalue weighted by Gasteiger charge is 2.41. The number of fused-ring (bicyclic) bond motifs is 4. The number of nitrogens with zero attached hydrogens (tertiary/aromatic N) is 6. The first-order valence-corrected chi connectivity index (χ1v) is 12.7. The van der Waals surface area contributed by atoms with Crippen LogP contribution in [0.2, 0.25) is 0 Å². The maximum Gasteiger partial charge on any atom is 0.416 e. The predicted octanol–water partition coefficient (Wildman–Crippen LogP) is 4.11. The number of benzene rings is 1. The number of aromatic nitrogens is 4. The van der Waals surface area contributed by atoms with Gasteiger partial charge in [-0.15, -0.1) is 0 Å². The van der Waals surface area contributed by atoms with Crippen molar-refractivity contribution >= 4 is 23.4 Å². The van der Waals surface area contributed by atoms with Crippen LogP contribution in [0.4, 0.5) is 35.3 Å². The number of nitrogens with one attached hydrogen (secondary N) is 1. The Morgan fingerprint density at radius 3 is 2.77 bits per heavy atom. The average molecular weight is 558 g/mol. The second kappa shape index (κ2) is 9.86. The van der Waals surface area contributed by atoms with E-state index in [0.717, 1.165) is 12.1 Å². The van der Waals surface area contributed by atoms with Crippen LogP contribution in [-0.2, 0) is 15.7 Å². The Morgan fingerprint density at radius 2 is 2.05 bits per heavy atom. The fraction of sp³-hybridized carbons (Fsp3) is 0.423. The maximum atomic E-state index is 13.5. The Bertz CT molecular complexity index is 1420. The molecule has 1 unspecified atom stereocenters. The van der Waals surface area contributed by atoms with Crippen LogP contribution in [0.25, 0.3) is 11.4 Å². The first-order valence-electron chi connectivity index (χ1n) is 12.7. The van der Waals surface area contributed by atoms with Crippen molar-refractivity contribution in [1.29, 1.82) is 0 Å². The molecule has 40 heavy (non-hydrogen) atoms. The molecular weight excluding hydrogens is 531 g/mol. The number of urea groups is 1. The van der Waals surface area contributed by atoms with E-state index in [4.69, 9.17) is 14.2 Å². The molecule has 2 fully saturated rings. The molecule has 11 nitrogen and oxygen atoms in total. The molecule has 0 aliphatic carbocycles. The minimum atomic E-state index is -4.50. The molecule has 6 rings (SSSR count). The van der Waals surface area contributed by atoms with Crippen molar-refractivity contribution in [2.24, 2.45) is 0 Å². The zero-order chi connectivity index (χ0) is 28.1. The van der Waals surface area contributed by atoms with Gasteiger partial charge in [0.25, 0.3) is 0 Å². The van der Waals surface area contributed by atoms with Crippen LogP contribution < -0.4 is 19.9 Å². The molecule has 1 aromatic carbocycles. The Labute approximate surface area is 227 Å². The molecule has 2 atom stereocenters. The fourth-order valence-electron chi connectivity index (χ4n) is 5.00. The second-order valence-electron chi connectivity index (χ2n) is 10.2. The molecule has 3 aliphatic rings. The number of halogens is 3. The smallest absolute Gasteiger partial charge is 0.416 e. The summed E-state index contributed by atoms with van der Waals surface area (Å²) in [6.45, 7) is 5.59. The van der Waals surface area contributed by atoms with Crippen molar-refractivity contribution in [2.45, 2.75) is 44.4 Å². The molecule has 2 amide bonds. The molecular formula is C26H26F3N7O4. The van der Waals surface area contributed by atoms with Gasteiger partial charge in [0.05, 0.1) is 42.5 Å². The third-order valence-corrected chi connectivity index (χ3v) is 6.86. The molecule has 3 aliphatic heterocycles. The van der Waals surface area contributed by atoms with E-state index in [0.29, 0.717) is 37.6 Å². The summed E-state index contributed by atoms with van der Waals surface area (Å²) >= 11 is 0. The Morgan fingerprint density at radius 1 is 1.20 bits per heavy atom. The van der Waals surface area contributed by atoms with E-state index < -0.39 is 23.6 Å². The maximum absolute atomic E-state index is 13.5. The van der Waals surface area contributed by atoms with Crippen LogP contribution in [0.5, 0.6) is 5.88 Å². The van der Waals surface area contributed by atoms with Gasteiger partial charge in [-0.3, -0.25) is 10.2 Å². The summed E-state index contributed by atoms with van der Waals surface area (Å²) in [5.41, 5.74) is 0.0323. The van der Waals surface area contributed by atoms with Crippen LogP contribution in [0.15, 0.2) is 42.9 Å². The first kappa shape index (κ1) is 26.2. The van der Waals surface area contributed by atoms with Crippen LogP contribution >= 0.6 is 0 Å². The van der Waals surface area contributed by atoms with E-state index in [-0.39, 0.29) is 41.8 Å². The van der Waals surface area contributed by atoms with Crippen LogP contribution in [0.1, 0.15) is 25.8 Å². The van der Waals surface area contributed by atoms with Gasteiger partial charge >= 0.3 is 12.2 Å². The summed E-state index contributed by atoms with van der Waals surface area (Å²) in [5, 5.41) is 2.74. The number of hydrogen-bond donors (Lipinski definition) is 1. The number of anilines is 3. The lowest BCUT2D eigenvalue weighted by Gasteiger charge is -2.35. The minimum absolute atomic E-state index is 0.0893. The number of hydrogen-bond acceptors (Lipinski definition) is 9. The van der Waals surface area contributed by atoms with E-state index in [1.165, 1.54) is 29.4 Å². The van der Waals surface area contributed by atoms with Gasteiger partial charge in [-0.05, 0) is 32.4 Å². The third-order valence-electron chi connectivity index (χ3n) is 6.86. The van der Waals surface area contributed by atoms with Gasteiger partial charge < -0.3 is 19.1 Å². The van der Waals surface area contributed by atoms with E-state index in [9.17, 15) is 18.0 Å². The largest absolute Gasteiger partial charge is 0.474 e. The molecule has 14 heteroatoms. The highest BCUT2D eigenvalue weighted by molar-refractivity contribution is 6.04. The van der Waals surface area contributed by atoms with Gasteiger partial charge in [-0.1, -0.05) is 12.1 Å². The molecule has 0 saturated carbocycles. The van der Waals surface area contributed by atoms with E-state index >= 15 is 0 Å². The monoisotopic (exact) mass is 557 g/mol. The minimum Gasteiger partial charge on any atom is -0.474 e. The molecule has 2 saturated heterocycles. The van der Waals surface area contributed by atoms with Crippen molar-refractivity contribution in [3.63, 3.8) is 0 Å². The summed E-state index contributed by atoms with van der Waals surface area (Å²) in [5.74, 6) is 0.220. The van der Waals surface area contributed by atoms with Crippen molar-refractivity contribution in [3.8, 4) is 17.3 Å². The highest BCUT2D eigenvalue weighted by atomic mass is 19.4. The van der Waals surface area contributed by atoms with Gasteiger partial charge in [0.15, 0.2) is 23.2 Å². The molecule has 5 heterocycles. The van der Waals surface area contributed by atoms with Gasteiger partial charge in [-0.25, -0.2) is 24.7 Å². The predicted molar refractivity (Wildman–Crippen MR) is 137 cm³/mol. The molecule has 2 bridgehead atoms. The normalized spacial score (nSPS) is 21.3. The van der Waals surface area contributed by atoms with Gasteiger partial charge in [-0.2, -0.15) is 13.2 Å². The zero-order valence-electron chi connectivity index (χ0n) is 21.7. The summed E-state index contributed by atoms with van der Waals surface area (Å²) in [6.07, 6.45) is 0.286. The Hall–Kier alpha value is -4.04. The standard InChI is InChI=1S/C26H26F3N7O4/c1-25(2)39-14-18(40-25)13-38-21-11-30-20(10-31-21)33-24(37)36-17-6-7-35(12-17)19-9-32-22(34-23(19)36)15-4-3-5-16(8-15)26(27,28)29/h3-5,8-11,17-18H,6-7,12-14H2,1-2H3,(H,30,33,37)/t17?,18-/m1/s1. The van der Waals surface area contributed by atoms with Gasteiger partial charge in [0.2, 0.25) is 5.88 Å². The van der Waals surface area contributed by atoms with E-state index in [2.05, 4.69) is 30.2 Å². The Balaban J connectivity index is 1.19. The summed E-state index contributed by atoms with van der Waals surface area (Å²) in [4.78, 5) is 34.3. The van der Waals surface area contributed by atoms with Crippen LogP contribution in [0, 0.1) is 0 Å².